The molecule has 1 aliphatic carbocycles. The monoisotopic (exact) mass is 353 g/mol. The number of benzene rings is 1. The van der Waals surface area contributed by atoms with Crippen molar-refractivity contribution in [2.75, 3.05) is 6.54 Å². The summed E-state index contributed by atoms with van der Waals surface area (Å²) in [5.41, 5.74) is 3.59. The van der Waals surface area contributed by atoms with Crippen molar-refractivity contribution in [2.24, 2.45) is 0 Å². The fourth-order valence-corrected chi connectivity index (χ4v) is 4.78. The molecule has 2 aromatic heterocycles. The number of amides is 1. The van der Waals surface area contributed by atoms with Crippen LogP contribution in [0.2, 0.25) is 0 Å². The van der Waals surface area contributed by atoms with Crippen molar-refractivity contribution in [3.8, 4) is 0 Å². The Bertz CT molecular complexity index is 885. The first-order chi connectivity index (χ1) is 12.2. The Balaban J connectivity index is 1.34. The third kappa shape index (κ3) is 3.33. The molecule has 1 amide bonds. The van der Waals surface area contributed by atoms with Crippen LogP contribution in [0.3, 0.4) is 0 Å². The van der Waals surface area contributed by atoms with Gasteiger partial charge in [-0.05, 0) is 62.8 Å². The van der Waals surface area contributed by atoms with Gasteiger partial charge in [-0.3, -0.25) is 4.79 Å². The van der Waals surface area contributed by atoms with E-state index in [-0.39, 0.29) is 5.91 Å². The fourth-order valence-electron chi connectivity index (χ4n) is 3.61. The Morgan fingerprint density at radius 3 is 3.00 bits per heavy atom. The largest absolute Gasteiger partial charge is 0.351 e. The molecule has 0 spiro atoms. The lowest BCUT2D eigenvalue weighted by atomic mass is 9.99. The second-order valence-corrected chi connectivity index (χ2v) is 7.81. The Morgan fingerprint density at radius 2 is 2.12 bits per heavy atom. The normalized spacial score (nSPS) is 13.8. The van der Waals surface area contributed by atoms with Crippen LogP contribution < -0.4 is 5.32 Å². The number of hydrogen-bond donors (Lipinski definition) is 1. The lowest BCUT2D eigenvalue weighted by Gasteiger charge is -2.08. The van der Waals surface area contributed by atoms with Crippen LogP contribution in [0.5, 0.6) is 0 Å². The summed E-state index contributed by atoms with van der Waals surface area (Å²) >= 11 is 1.68. The second kappa shape index (κ2) is 7.00. The number of fused-ring (bicyclic) bond motifs is 2. The highest BCUT2D eigenvalue weighted by molar-refractivity contribution is 7.14. The van der Waals surface area contributed by atoms with Crippen LogP contribution in [-0.2, 0) is 19.4 Å². The fraction of sp³-hybridized carbons (Fsp3) is 0.400. The number of aryl methyl sites for hydroxylation is 4. The Hall–Kier alpha value is -2.14. The average Bonchev–Trinajstić information content (AvgIpc) is 3.19. The first-order valence-electron chi connectivity index (χ1n) is 9.04. The maximum absolute atomic E-state index is 12.4. The highest BCUT2D eigenvalue weighted by Gasteiger charge is 2.17. The number of imidazole rings is 1. The summed E-state index contributed by atoms with van der Waals surface area (Å²) in [6, 6.07) is 10.3. The smallest absolute Gasteiger partial charge is 0.261 e. The standard InChI is InChI=1S/C20H23N3OS/c1-14-22-16-8-3-4-9-17(16)23(14)12-6-11-21-20(24)19-13-15-7-2-5-10-18(15)25-19/h3-4,8-9,13H,2,5-7,10-12H2,1H3,(H,21,24). The summed E-state index contributed by atoms with van der Waals surface area (Å²) in [7, 11) is 0. The molecule has 0 radical (unpaired) electrons. The highest BCUT2D eigenvalue weighted by Crippen LogP contribution is 2.29. The van der Waals surface area contributed by atoms with Crippen molar-refractivity contribution in [3.63, 3.8) is 0 Å². The van der Waals surface area contributed by atoms with Crippen LogP contribution in [0.1, 0.15) is 45.2 Å². The van der Waals surface area contributed by atoms with E-state index >= 15 is 0 Å². The summed E-state index contributed by atoms with van der Waals surface area (Å²) in [4.78, 5) is 19.3. The summed E-state index contributed by atoms with van der Waals surface area (Å²) in [5.74, 6) is 1.10. The molecule has 0 saturated heterocycles. The Labute approximate surface area is 151 Å². The predicted molar refractivity (Wildman–Crippen MR) is 102 cm³/mol. The van der Waals surface area contributed by atoms with Gasteiger partial charge in [-0.1, -0.05) is 12.1 Å². The molecule has 0 aliphatic heterocycles. The van der Waals surface area contributed by atoms with Crippen molar-refractivity contribution in [3.05, 3.63) is 51.5 Å². The number of para-hydroxylation sites is 2. The van der Waals surface area contributed by atoms with Crippen LogP contribution in [0.25, 0.3) is 11.0 Å². The Morgan fingerprint density at radius 1 is 1.28 bits per heavy atom. The first kappa shape index (κ1) is 16.3. The van der Waals surface area contributed by atoms with Crippen molar-refractivity contribution in [2.45, 2.75) is 45.6 Å². The first-order valence-corrected chi connectivity index (χ1v) is 9.85. The van der Waals surface area contributed by atoms with Crippen LogP contribution >= 0.6 is 11.3 Å². The number of thiophene rings is 1. The molecule has 5 heteroatoms. The van der Waals surface area contributed by atoms with E-state index in [0.29, 0.717) is 6.54 Å². The van der Waals surface area contributed by atoms with Gasteiger partial charge in [0.05, 0.1) is 15.9 Å². The number of rotatable bonds is 5. The van der Waals surface area contributed by atoms with Gasteiger partial charge in [0.2, 0.25) is 0 Å². The molecule has 1 aromatic carbocycles. The Kier molecular flexibility index (Phi) is 4.57. The summed E-state index contributed by atoms with van der Waals surface area (Å²) < 4.78 is 2.23. The molecule has 0 unspecified atom stereocenters. The highest BCUT2D eigenvalue weighted by atomic mass is 32.1. The number of aromatic nitrogens is 2. The number of nitrogens with one attached hydrogen (secondary N) is 1. The van der Waals surface area contributed by atoms with Gasteiger partial charge in [0.15, 0.2) is 0 Å². The van der Waals surface area contributed by atoms with Gasteiger partial charge in [-0.25, -0.2) is 4.98 Å². The number of carbonyl (C=O) groups excluding carboxylic acids is 1. The summed E-state index contributed by atoms with van der Waals surface area (Å²) in [6.45, 7) is 3.59. The summed E-state index contributed by atoms with van der Waals surface area (Å²) in [5, 5.41) is 3.08. The second-order valence-electron chi connectivity index (χ2n) is 6.67. The lowest BCUT2D eigenvalue weighted by Crippen LogP contribution is -2.24. The van der Waals surface area contributed by atoms with Crippen LogP contribution in [-0.4, -0.2) is 22.0 Å². The molecule has 4 nitrogen and oxygen atoms in total. The quantitative estimate of drug-likeness (QED) is 0.702. The molecule has 3 aromatic rings. The number of hydrogen-bond acceptors (Lipinski definition) is 3. The predicted octanol–water partition coefficient (Wildman–Crippen LogP) is 4.11. The van der Waals surface area contributed by atoms with Gasteiger partial charge >= 0.3 is 0 Å². The van der Waals surface area contributed by atoms with Crippen molar-refractivity contribution in [1.82, 2.24) is 14.9 Å². The van der Waals surface area contributed by atoms with E-state index in [1.165, 1.54) is 23.3 Å². The molecule has 0 saturated carbocycles. The summed E-state index contributed by atoms with van der Waals surface area (Å²) in [6.07, 6.45) is 5.68. The van der Waals surface area contributed by atoms with Crippen molar-refractivity contribution >= 4 is 28.3 Å². The molecule has 1 aliphatic rings. The number of carbonyl (C=O) groups is 1. The van der Waals surface area contributed by atoms with E-state index in [0.717, 1.165) is 47.5 Å². The minimum absolute atomic E-state index is 0.0756. The zero-order chi connectivity index (χ0) is 17.2. The zero-order valence-electron chi connectivity index (χ0n) is 14.5. The average molecular weight is 353 g/mol. The zero-order valence-corrected chi connectivity index (χ0v) is 15.4. The topological polar surface area (TPSA) is 46.9 Å². The molecule has 0 fully saturated rings. The van der Waals surface area contributed by atoms with E-state index in [2.05, 4.69) is 27.0 Å². The molecule has 130 valence electrons. The molecule has 0 atom stereocenters. The van der Waals surface area contributed by atoms with E-state index in [4.69, 9.17) is 0 Å². The third-order valence-corrected chi connectivity index (χ3v) is 6.15. The third-order valence-electron chi connectivity index (χ3n) is 4.91. The van der Waals surface area contributed by atoms with Crippen LogP contribution in [0.4, 0.5) is 0 Å². The van der Waals surface area contributed by atoms with Gasteiger partial charge in [-0.2, -0.15) is 0 Å². The van der Waals surface area contributed by atoms with Crippen LogP contribution in [0.15, 0.2) is 30.3 Å². The maximum atomic E-state index is 12.4. The van der Waals surface area contributed by atoms with Gasteiger partial charge in [-0.15, -0.1) is 11.3 Å². The minimum Gasteiger partial charge on any atom is -0.351 e. The maximum Gasteiger partial charge on any atom is 0.261 e. The van der Waals surface area contributed by atoms with Crippen molar-refractivity contribution in [1.29, 1.82) is 0 Å². The van der Waals surface area contributed by atoms with Gasteiger partial charge in [0.25, 0.3) is 5.91 Å². The van der Waals surface area contributed by atoms with E-state index in [1.807, 2.05) is 25.1 Å². The minimum atomic E-state index is 0.0756. The molecule has 2 heterocycles. The SMILES string of the molecule is Cc1nc2ccccc2n1CCCNC(=O)c1cc2c(s1)CCCC2. The molecule has 0 bridgehead atoms. The molecule has 4 rings (SSSR count). The molecular formula is C20H23N3OS. The molecule has 1 N–H and O–H groups in total. The lowest BCUT2D eigenvalue weighted by molar-refractivity contribution is 0.0957. The van der Waals surface area contributed by atoms with Gasteiger partial charge in [0.1, 0.15) is 5.82 Å². The van der Waals surface area contributed by atoms with E-state index in [1.54, 1.807) is 11.3 Å². The van der Waals surface area contributed by atoms with Gasteiger partial charge < -0.3 is 9.88 Å². The van der Waals surface area contributed by atoms with E-state index in [9.17, 15) is 4.79 Å². The van der Waals surface area contributed by atoms with Gasteiger partial charge in [0, 0.05) is 18.0 Å². The number of nitrogens with zero attached hydrogens (tertiary/aromatic N) is 2. The van der Waals surface area contributed by atoms with Crippen LogP contribution in [0, 0.1) is 6.92 Å². The molecular weight excluding hydrogens is 330 g/mol. The van der Waals surface area contributed by atoms with E-state index < -0.39 is 0 Å². The molecule has 25 heavy (non-hydrogen) atoms. The van der Waals surface area contributed by atoms with Crippen molar-refractivity contribution < 1.29 is 4.79 Å².